The topological polar surface area (TPSA) is 94.0 Å². The first-order valence-electron chi connectivity index (χ1n) is 6.89. The molecule has 22 heavy (non-hydrogen) atoms. The number of nitro groups is 1. The normalized spacial score (nSPS) is 14.9. The van der Waals surface area contributed by atoms with Gasteiger partial charge in [-0.1, -0.05) is 0 Å². The Morgan fingerprint density at radius 1 is 1.23 bits per heavy atom. The third kappa shape index (κ3) is 2.76. The fraction of sp³-hybridized carbons (Fsp3) is 0.286. The van der Waals surface area contributed by atoms with Gasteiger partial charge < -0.3 is 9.32 Å². The fourth-order valence-corrected chi connectivity index (χ4v) is 2.43. The van der Waals surface area contributed by atoms with Crippen molar-refractivity contribution in [2.45, 2.75) is 0 Å². The van der Waals surface area contributed by atoms with E-state index in [1.54, 1.807) is 23.1 Å². The lowest BCUT2D eigenvalue weighted by molar-refractivity contribution is -0.414. The Morgan fingerprint density at radius 3 is 2.55 bits per heavy atom. The van der Waals surface area contributed by atoms with E-state index in [4.69, 9.17) is 4.42 Å². The van der Waals surface area contributed by atoms with E-state index in [1.165, 1.54) is 18.5 Å². The van der Waals surface area contributed by atoms with Gasteiger partial charge >= 0.3 is 5.69 Å². The average molecular weight is 303 g/mol. The molecular formula is C14H15N4O4+. The molecule has 1 N–H and O–H groups in total. The number of piperazine rings is 1. The summed E-state index contributed by atoms with van der Waals surface area (Å²) in [5.41, 5.74) is 0.0235. The minimum absolute atomic E-state index is 0.0235. The van der Waals surface area contributed by atoms with Gasteiger partial charge in [-0.25, -0.2) is 4.98 Å². The number of H-pyrrole nitrogens is 1. The summed E-state index contributed by atoms with van der Waals surface area (Å²) in [6, 6.07) is 6.49. The van der Waals surface area contributed by atoms with Crippen molar-refractivity contribution >= 4 is 17.4 Å². The number of rotatable bonds is 3. The predicted octanol–water partition coefficient (Wildman–Crippen LogP) is 0.964. The standard InChI is InChI=1S/C14H14N4O4/c19-14(12-2-1-9-22-12)17-7-5-16(6-8-17)13-4-3-11(10-15-13)18(20)21/h1-4,9-10H,5-8H2/p+1. The van der Waals surface area contributed by atoms with Gasteiger partial charge in [0.25, 0.3) is 11.7 Å². The van der Waals surface area contributed by atoms with E-state index in [0.717, 1.165) is 5.82 Å². The third-order valence-electron chi connectivity index (χ3n) is 3.63. The number of nitrogens with one attached hydrogen (secondary N) is 1. The zero-order valence-corrected chi connectivity index (χ0v) is 11.8. The SMILES string of the molecule is O=C(c1ccco1)N1CCN(c2ccc([N+](=O)[O-])c[nH+]2)CC1. The number of carbonyl (C=O) groups excluding carboxylic acids is 1. The van der Waals surface area contributed by atoms with Crippen LogP contribution < -0.4 is 9.88 Å². The maximum absolute atomic E-state index is 12.2. The largest absolute Gasteiger partial charge is 0.459 e. The minimum atomic E-state index is -0.444. The molecule has 0 radical (unpaired) electrons. The van der Waals surface area contributed by atoms with E-state index in [-0.39, 0.29) is 11.6 Å². The summed E-state index contributed by atoms with van der Waals surface area (Å²) in [6.07, 6.45) is 2.85. The number of nitrogens with zero attached hydrogens (tertiary/aromatic N) is 3. The summed E-state index contributed by atoms with van der Waals surface area (Å²) in [5.74, 6) is 1.03. The van der Waals surface area contributed by atoms with Crippen LogP contribution in [0, 0.1) is 10.1 Å². The summed E-state index contributed by atoms with van der Waals surface area (Å²) in [7, 11) is 0. The van der Waals surface area contributed by atoms with Crippen LogP contribution in [-0.4, -0.2) is 41.9 Å². The van der Waals surface area contributed by atoms with Gasteiger partial charge in [0.1, 0.15) is 13.1 Å². The van der Waals surface area contributed by atoms with Crippen molar-refractivity contribution in [2.24, 2.45) is 0 Å². The molecule has 1 aliphatic rings. The van der Waals surface area contributed by atoms with Crippen molar-refractivity contribution in [1.82, 2.24) is 4.90 Å². The second-order valence-corrected chi connectivity index (χ2v) is 4.95. The Balaban J connectivity index is 1.62. The van der Waals surface area contributed by atoms with Crippen molar-refractivity contribution in [2.75, 3.05) is 31.1 Å². The molecule has 8 nitrogen and oxygen atoms in total. The average Bonchev–Trinajstić information content (AvgIpc) is 3.09. The van der Waals surface area contributed by atoms with E-state index < -0.39 is 4.92 Å². The van der Waals surface area contributed by atoms with Crippen LogP contribution in [0.2, 0.25) is 0 Å². The number of furan rings is 1. The Labute approximate surface area is 126 Å². The zero-order chi connectivity index (χ0) is 15.5. The Morgan fingerprint density at radius 2 is 2.00 bits per heavy atom. The molecule has 0 aromatic carbocycles. The highest BCUT2D eigenvalue weighted by molar-refractivity contribution is 5.91. The number of hydrogen-bond donors (Lipinski definition) is 0. The lowest BCUT2D eigenvalue weighted by Gasteiger charge is -2.30. The van der Waals surface area contributed by atoms with E-state index in [0.29, 0.717) is 31.9 Å². The molecule has 1 aliphatic heterocycles. The number of anilines is 1. The van der Waals surface area contributed by atoms with E-state index in [2.05, 4.69) is 9.88 Å². The molecule has 8 heteroatoms. The summed E-state index contributed by atoms with van der Waals surface area (Å²) in [6.45, 7) is 2.45. The monoisotopic (exact) mass is 303 g/mol. The van der Waals surface area contributed by atoms with Gasteiger partial charge in [0.2, 0.25) is 0 Å². The van der Waals surface area contributed by atoms with Gasteiger partial charge in [0.15, 0.2) is 12.0 Å². The van der Waals surface area contributed by atoms with Crippen LogP contribution in [0.15, 0.2) is 41.1 Å². The lowest BCUT2D eigenvalue weighted by Crippen LogP contribution is -2.50. The summed E-state index contributed by atoms with van der Waals surface area (Å²) in [4.78, 5) is 29.1. The second-order valence-electron chi connectivity index (χ2n) is 4.95. The quantitative estimate of drug-likeness (QED) is 0.622. The molecule has 2 aromatic heterocycles. The van der Waals surface area contributed by atoms with E-state index >= 15 is 0 Å². The number of hydrogen-bond acceptors (Lipinski definition) is 5. The van der Waals surface area contributed by atoms with Crippen LogP contribution in [0.25, 0.3) is 0 Å². The Kier molecular flexibility index (Phi) is 3.73. The van der Waals surface area contributed by atoms with Crippen LogP contribution in [0.1, 0.15) is 10.6 Å². The summed E-state index contributed by atoms with van der Waals surface area (Å²) < 4.78 is 5.12. The molecule has 0 bridgehead atoms. The van der Waals surface area contributed by atoms with E-state index in [9.17, 15) is 14.9 Å². The summed E-state index contributed by atoms with van der Waals surface area (Å²) in [5, 5.41) is 10.6. The first kappa shape index (κ1) is 14.1. The van der Waals surface area contributed by atoms with Crippen LogP contribution in [0.3, 0.4) is 0 Å². The molecule has 2 aromatic rings. The molecule has 3 rings (SSSR count). The Hall–Kier alpha value is -2.90. The van der Waals surface area contributed by atoms with Crippen LogP contribution in [0.5, 0.6) is 0 Å². The first-order valence-corrected chi connectivity index (χ1v) is 6.89. The van der Waals surface area contributed by atoms with Gasteiger partial charge in [0.05, 0.1) is 24.3 Å². The van der Waals surface area contributed by atoms with Gasteiger partial charge in [-0.3, -0.25) is 19.8 Å². The molecule has 0 atom stereocenters. The molecule has 1 amide bonds. The maximum Gasteiger partial charge on any atom is 0.308 e. The first-order chi connectivity index (χ1) is 10.6. The smallest absolute Gasteiger partial charge is 0.308 e. The van der Waals surface area contributed by atoms with Crippen molar-refractivity contribution in [3.63, 3.8) is 0 Å². The zero-order valence-electron chi connectivity index (χ0n) is 11.8. The number of pyridine rings is 1. The minimum Gasteiger partial charge on any atom is -0.459 e. The summed E-state index contributed by atoms with van der Waals surface area (Å²) >= 11 is 0. The second kappa shape index (κ2) is 5.84. The highest BCUT2D eigenvalue weighted by Crippen LogP contribution is 2.15. The number of amides is 1. The molecule has 0 aliphatic carbocycles. The van der Waals surface area contributed by atoms with Crippen molar-refractivity contribution in [1.29, 1.82) is 0 Å². The highest BCUT2D eigenvalue weighted by Gasteiger charge is 2.28. The fourth-order valence-electron chi connectivity index (χ4n) is 2.43. The molecule has 3 heterocycles. The molecular weight excluding hydrogens is 288 g/mol. The van der Waals surface area contributed by atoms with Crippen LogP contribution >= 0.6 is 0 Å². The third-order valence-corrected chi connectivity index (χ3v) is 3.63. The van der Waals surface area contributed by atoms with Crippen molar-refractivity contribution in [3.8, 4) is 0 Å². The molecule has 1 fully saturated rings. The van der Waals surface area contributed by atoms with Gasteiger partial charge in [-0.2, -0.15) is 0 Å². The van der Waals surface area contributed by atoms with E-state index in [1.807, 2.05) is 0 Å². The molecule has 0 spiro atoms. The van der Waals surface area contributed by atoms with Gasteiger partial charge in [-0.15, -0.1) is 0 Å². The number of carbonyl (C=O) groups is 1. The van der Waals surface area contributed by atoms with Gasteiger partial charge in [-0.05, 0) is 12.1 Å². The van der Waals surface area contributed by atoms with Crippen LogP contribution in [-0.2, 0) is 0 Å². The number of aromatic amines is 1. The molecule has 0 unspecified atom stereocenters. The Bertz CT molecular complexity index is 661. The predicted molar refractivity (Wildman–Crippen MR) is 76.5 cm³/mol. The molecule has 1 saturated heterocycles. The lowest BCUT2D eigenvalue weighted by atomic mass is 10.2. The highest BCUT2D eigenvalue weighted by atomic mass is 16.6. The van der Waals surface area contributed by atoms with Crippen molar-refractivity contribution < 1.29 is 19.1 Å². The van der Waals surface area contributed by atoms with Crippen molar-refractivity contribution in [3.05, 3.63) is 52.6 Å². The maximum atomic E-state index is 12.2. The van der Waals surface area contributed by atoms with Gasteiger partial charge in [0, 0.05) is 12.1 Å². The molecule has 114 valence electrons. The number of aromatic nitrogens is 1. The molecule has 0 saturated carbocycles. The van der Waals surface area contributed by atoms with Crippen LogP contribution in [0.4, 0.5) is 11.5 Å².